The van der Waals surface area contributed by atoms with Crippen molar-refractivity contribution in [1.29, 1.82) is 0 Å². The van der Waals surface area contributed by atoms with Gasteiger partial charge in [0.25, 0.3) is 5.91 Å². The van der Waals surface area contributed by atoms with Crippen LogP contribution in [0.1, 0.15) is 78.6 Å². The lowest BCUT2D eigenvalue weighted by Gasteiger charge is -2.35. The molecule has 2 bridgehead atoms. The number of nitrogens with zero attached hydrogens (tertiary/aromatic N) is 1. The van der Waals surface area contributed by atoms with Crippen molar-refractivity contribution in [2.24, 2.45) is 0 Å². The van der Waals surface area contributed by atoms with Crippen LogP contribution in [0.2, 0.25) is 0 Å². The number of amides is 1. The molecule has 1 unspecified atom stereocenters. The zero-order valence-electron chi connectivity index (χ0n) is 32.8. The average molecular weight is 874 g/mol. The molecule has 0 spiro atoms. The monoisotopic (exact) mass is 873 g/mol. The Morgan fingerprint density at radius 1 is 1.00 bits per heavy atom. The maximum absolute atomic E-state index is 14.2. The highest BCUT2D eigenvalue weighted by molar-refractivity contribution is 14.1. The molecule has 2 aromatic rings. The van der Waals surface area contributed by atoms with Gasteiger partial charge in [-0.25, -0.2) is 0 Å². The van der Waals surface area contributed by atoms with Crippen molar-refractivity contribution in [1.82, 2.24) is 4.90 Å². The summed E-state index contributed by atoms with van der Waals surface area (Å²) in [6, 6.07) is 3.55. The van der Waals surface area contributed by atoms with Crippen LogP contribution in [0.25, 0.3) is 5.57 Å². The van der Waals surface area contributed by atoms with Gasteiger partial charge in [0.15, 0.2) is 34.4 Å². The van der Waals surface area contributed by atoms with Crippen LogP contribution in [0.5, 0.6) is 23.0 Å². The van der Waals surface area contributed by atoms with Crippen LogP contribution >= 0.6 is 22.6 Å². The number of aliphatic hydroxyl groups is 2. The molecule has 2 aliphatic heterocycles. The standard InChI is InChI=1S/C45H48INO9/c1-7-13-34-40-27(2)35(49)25-45(34,51)17-11-9-8-10-14-36(40)54-19-12-20-55-37-23-30-15-16-32-22-31(26-47(32)44(50)33(30)24-38(37)56-21-18-48)39-28(3)41(46)29(4)42(52-5)43(39)53-6/h8-9,13,23-24,26,32,36,48,51H,7,12,15-16,18-22,25H2,1-6H3/b9-8-,34-13+/t32?,36-,45-/m0/s1. The highest BCUT2D eigenvalue weighted by Gasteiger charge is 2.43. The summed E-state index contributed by atoms with van der Waals surface area (Å²) in [5.74, 6) is 13.6. The first-order valence-electron chi connectivity index (χ1n) is 18.9. The number of fused-ring (bicyclic) bond motifs is 4. The molecule has 0 saturated heterocycles. The molecule has 3 atom stereocenters. The second-order valence-electron chi connectivity index (χ2n) is 14.2. The summed E-state index contributed by atoms with van der Waals surface area (Å²) in [7, 11) is 3.29. The van der Waals surface area contributed by atoms with Gasteiger partial charge in [-0.05, 0) is 121 Å². The largest absolute Gasteiger partial charge is 0.493 e. The normalized spacial score (nSPS) is 22.6. The summed E-state index contributed by atoms with van der Waals surface area (Å²) in [5.41, 5.74) is 5.48. The molecule has 11 heteroatoms. The number of ketones is 1. The molecule has 0 saturated carbocycles. The van der Waals surface area contributed by atoms with Crippen molar-refractivity contribution >= 4 is 39.9 Å². The Kier molecular flexibility index (Phi) is 13.0. The molecule has 0 aromatic heterocycles. The number of benzene rings is 2. The number of carbonyl (C=O) groups excluding carboxylic acids is 2. The van der Waals surface area contributed by atoms with Gasteiger partial charge in [0.05, 0.1) is 40.5 Å². The van der Waals surface area contributed by atoms with E-state index in [0.29, 0.717) is 71.0 Å². The number of Topliss-reactive ketones (excluding diaryl/α,β-unsaturated/α-hetero) is 1. The van der Waals surface area contributed by atoms with Crippen LogP contribution in [0, 0.1) is 41.1 Å². The quantitative estimate of drug-likeness (QED) is 0.131. The first kappa shape index (κ1) is 41.1. The smallest absolute Gasteiger partial charge is 0.258 e. The van der Waals surface area contributed by atoms with Crippen molar-refractivity contribution in [2.75, 3.05) is 40.6 Å². The molecular weight excluding hydrogens is 825 g/mol. The van der Waals surface area contributed by atoms with Crippen LogP contribution in [-0.4, -0.2) is 85.2 Å². The number of rotatable bonds is 13. The second-order valence-corrected chi connectivity index (χ2v) is 15.2. The third-order valence-corrected chi connectivity index (χ3v) is 12.2. The Morgan fingerprint density at radius 3 is 2.46 bits per heavy atom. The fourth-order valence-corrected chi connectivity index (χ4v) is 8.42. The summed E-state index contributed by atoms with van der Waals surface area (Å²) in [4.78, 5) is 29.1. The maximum atomic E-state index is 14.2. The van der Waals surface area contributed by atoms with E-state index in [1.807, 2.05) is 37.1 Å². The van der Waals surface area contributed by atoms with Gasteiger partial charge in [-0.3, -0.25) is 9.59 Å². The van der Waals surface area contributed by atoms with Crippen molar-refractivity contribution in [3.05, 3.63) is 84.7 Å². The van der Waals surface area contributed by atoms with Crippen LogP contribution in [0.3, 0.4) is 0 Å². The fourth-order valence-electron chi connectivity index (χ4n) is 7.91. The first-order valence-corrected chi connectivity index (χ1v) is 20.0. The van der Waals surface area contributed by atoms with E-state index >= 15 is 0 Å². The molecule has 1 amide bonds. The predicted molar refractivity (Wildman–Crippen MR) is 222 cm³/mol. The molecule has 0 fully saturated rings. The van der Waals surface area contributed by atoms with Gasteiger partial charge in [0.2, 0.25) is 0 Å². The summed E-state index contributed by atoms with van der Waals surface area (Å²) in [6.07, 6.45) is 9.29. The number of halogens is 1. The van der Waals surface area contributed by atoms with Crippen molar-refractivity contribution < 1.29 is 43.5 Å². The second kappa shape index (κ2) is 17.7. The third-order valence-electron chi connectivity index (χ3n) is 10.6. The van der Waals surface area contributed by atoms with Crippen LogP contribution in [0.4, 0.5) is 0 Å². The molecular formula is C45H48INO9. The van der Waals surface area contributed by atoms with Gasteiger partial charge in [-0.15, -0.1) is 0 Å². The minimum absolute atomic E-state index is 0.0299. The van der Waals surface area contributed by atoms with E-state index in [-0.39, 0.29) is 50.6 Å². The number of hydrogen-bond donors (Lipinski definition) is 2. The lowest BCUT2D eigenvalue weighted by atomic mass is 9.73. The van der Waals surface area contributed by atoms with Gasteiger partial charge in [-0.2, -0.15) is 0 Å². The number of ether oxygens (including phenoxy) is 5. The Balaban J connectivity index is 1.20. The van der Waals surface area contributed by atoms with Crippen LogP contribution < -0.4 is 18.9 Å². The van der Waals surface area contributed by atoms with Crippen molar-refractivity contribution in [2.45, 2.75) is 84.0 Å². The van der Waals surface area contributed by atoms with Crippen molar-refractivity contribution in [3.63, 3.8) is 0 Å². The molecule has 2 aromatic carbocycles. The Morgan fingerprint density at radius 2 is 1.73 bits per heavy atom. The van der Waals surface area contributed by atoms with Gasteiger partial charge in [0.1, 0.15) is 12.7 Å². The molecule has 294 valence electrons. The number of aryl methyl sites for hydroxylation is 1. The van der Waals surface area contributed by atoms with Crippen LogP contribution in [-0.2, 0) is 16.0 Å². The molecule has 2 aliphatic carbocycles. The summed E-state index contributed by atoms with van der Waals surface area (Å²) in [5, 5.41) is 21.1. The molecule has 56 heavy (non-hydrogen) atoms. The number of hydrogen-bond acceptors (Lipinski definition) is 9. The van der Waals surface area contributed by atoms with Gasteiger partial charge in [-0.1, -0.05) is 36.7 Å². The highest BCUT2D eigenvalue weighted by atomic mass is 127. The summed E-state index contributed by atoms with van der Waals surface area (Å²) >= 11 is 2.34. The average Bonchev–Trinajstić information content (AvgIpc) is 3.56. The topological polar surface area (TPSA) is 124 Å². The summed E-state index contributed by atoms with van der Waals surface area (Å²) < 4.78 is 31.2. The molecule has 2 heterocycles. The van der Waals surface area contributed by atoms with Gasteiger partial charge >= 0.3 is 0 Å². The number of methoxy groups -OCH3 is 2. The van der Waals surface area contributed by atoms with E-state index in [2.05, 4.69) is 53.2 Å². The van der Waals surface area contributed by atoms with Gasteiger partial charge < -0.3 is 38.8 Å². The summed E-state index contributed by atoms with van der Waals surface area (Å²) in [6.45, 7) is 8.13. The predicted octanol–water partition coefficient (Wildman–Crippen LogP) is 6.59. The molecule has 4 aliphatic rings. The molecule has 0 radical (unpaired) electrons. The van der Waals surface area contributed by atoms with Crippen LogP contribution in [0.15, 0.2) is 53.3 Å². The molecule has 2 N–H and O–H groups in total. The lowest BCUT2D eigenvalue weighted by molar-refractivity contribution is -0.118. The number of allylic oxidation sites excluding steroid dienone is 4. The molecule has 6 rings (SSSR count). The Bertz CT molecular complexity index is 2180. The van der Waals surface area contributed by atoms with E-state index in [9.17, 15) is 19.8 Å². The number of carbonyl (C=O) groups is 2. The minimum Gasteiger partial charge on any atom is -0.493 e. The van der Waals surface area contributed by atoms with E-state index in [1.165, 1.54) is 0 Å². The van der Waals surface area contributed by atoms with E-state index < -0.39 is 11.7 Å². The fraction of sp³-hybridized carbons (Fsp3) is 0.422. The Hall–Kier alpha value is -4.53. The minimum atomic E-state index is -1.62. The molecule has 10 nitrogen and oxygen atoms in total. The highest BCUT2D eigenvalue weighted by Crippen LogP contribution is 2.48. The van der Waals surface area contributed by atoms with Gasteiger partial charge in [0, 0.05) is 44.5 Å². The zero-order valence-corrected chi connectivity index (χ0v) is 34.9. The maximum Gasteiger partial charge on any atom is 0.258 e. The first-order chi connectivity index (χ1) is 27.0. The van der Waals surface area contributed by atoms with E-state index in [0.717, 1.165) is 37.8 Å². The van der Waals surface area contributed by atoms with E-state index in [4.69, 9.17) is 23.7 Å². The van der Waals surface area contributed by atoms with E-state index in [1.54, 1.807) is 39.4 Å². The zero-order chi connectivity index (χ0) is 40.1. The third kappa shape index (κ3) is 8.01. The Labute approximate surface area is 342 Å². The number of aliphatic hydroxyl groups excluding tert-OH is 1. The SMILES string of the molecule is CC/C=C1\C2=C(C)C(=O)C[C@@]1(O)C#C/C=C\C#C[C@@H]2OCCCOc1cc2c(cc1OCCO)C(=O)N1C=C(c3c(C)c(I)c(C)c(OC)c3OC)CC1CC2. The van der Waals surface area contributed by atoms with Crippen molar-refractivity contribution in [3.8, 4) is 46.7 Å². The lowest BCUT2D eigenvalue weighted by Crippen LogP contribution is -2.41.